The van der Waals surface area contributed by atoms with Gasteiger partial charge in [-0.2, -0.15) is 0 Å². The molecule has 0 heterocycles. The molecule has 0 radical (unpaired) electrons. The summed E-state index contributed by atoms with van der Waals surface area (Å²) in [5.74, 6) is -0.282. The molecule has 1 aromatic rings. The molecule has 0 aromatic heterocycles. The Morgan fingerprint density at radius 3 is 2.38 bits per heavy atom. The molecular formula is C15H21N3O3. The summed E-state index contributed by atoms with van der Waals surface area (Å²) in [6.45, 7) is 8.83. The van der Waals surface area contributed by atoms with Gasteiger partial charge in [-0.1, -0.05) is 31.1 Å². The first-order valence-corrected chi connectivity index (χ1v) is 6.73. The maximum atomic E-state index is 11.7. The second kappa shape index (κ2) is 6.97. The van der Waals surface area contributed by atoms with E-state index in [0.717, 1.165) is 0 Å². The van der Waals surface area contributed by atoms with Gasteiger partial charge in [-0.15, -0.1) is 5.11 Å². The van der Waals surface area contributed by atoms with Crippen LogP contribution in [0.15, 0.2) is 34.5 Å². The zero-order chi connectivity index (χ0) is 16.0. The Morgan fingerprint density at radius 2 is 1.81 bits per heavy atom. The van der Waals surface area contributed by atoms with Crippen LogP contribution in [0.1, 0.15) is 34.6 Å². The van der Waals surface area contributed by atoms with Gasteiger partial charge in [0.2, 0.25) is 5.91 Å². The molecule has 6 heteroatoms. The molecule has 1 N–H and O–H groups in total. The van der Waals surface area contributed by atoms with E-state index in [1.54, 1.807) is 58.9 Å². The largest absolute Gasteiger partial charge is 0.452 e. The molecule has 0 saturated carbocycles. The minimum Gasteiger partial charge on any atom is -0.441 e. The van der Waals surface area contributed by atoms with E-state index in [-0.39, 0.29) is 11.8 Å². The third-order valence-electron chi connectivity index (χ3n) is 2.32. The average Bonchev–Trinajstić information content (AvgIpc) is 2.35. The summed E-state index contributed by atoms with van der Waals surface area (Å²) in [5.41, 5.74) is 0.280. The lowest BCUT2D eigenvalue weighted by atomic mass is 10.2. The van der Waals surface area contributed by atoms with Gasteiger partial charge >= 0.3 is 6.09 Å². The van der Waals surface area contributed by atoms with E-state index < -0.39 is 11.7 Å². The highest BCUT2D eigenvalue weighted by atomic mass is 16.6. The third kappa shape index (κ3) is 6.16. The van der Waals surface area contributed by atoms with Crippen LogP contribution >= 0.6 is 0 Å². The van der Waals surface area contributed by atoms with Crippen LogP contribution in [0.3, 0.4) is 0 Å². The molecule has 0 aliphatic rings. The van der Waals surface area contributed by atoms with Crippen molar-refractivity contribution < 1.29 is 14.3 Å². The number of carbonyl (C=O) groups is 2. The number of ether oxygens (including phenoxy) is 1. The number of amides is 2. The lowest BCUT2D eigenvalue weighted by molar-refractivity contribution is -0.118. The van der Waals surface area contributed by atoms with Crippen LogP contribution in [0.25, 0.3) is 0 Å². The standard InChI is InChI=1S/C15H21N3O3/c1-10(2)13(19)16-11-8-6-7-9-12(11)17-18-14(20)21-15(3,4)5/h6-10H,1-5H3,(H,16,19). The van der Waals surface area contributed by atoms with Gasteiger partial charge in [-0.05, 0) is 32.9 Å². The van der Waals surface area contributed by atoms with Crippen molar-refractivity contribution in [1.82, 2.24) is 0 Å². The Balaban J connectivity index is 2.84. The lowest BCUT2D eigenvalue weighted by Gasteiger charge is -2.16. The fraction of sp³-hybridized carbons (Fsp3) is 0.467. The van der Waals surface area contributed by atoms with Gasteiger partial charge < -0.3 is 10.1 Å². The molecule has 0 spiro atoms. The molecule has 1 aromatic carbocycles. The second-order valence-corrected chi connectivity index (χ2v) is 5.84. The normalized spacial score (nSPS) is 11.7. The van der Waals surface area contributed by atoms with Crippen LogP contribution in [0, 0.1) is 5.92 Å². The van der Waals surface area contributed by atoms with E-state index in [1.807, 2.05) is 0 Å². The highest BCUT2D eigenvalue weighted by Crippen LogP contribution is 2.25. The van der Waals surface area contributed by atoms with Gasteiger partial charge in [-0.3, -0.25) is 4.79 Å². The van der Waals surface area contributed by atoms with Gasteiger partial charge in [0.05, 0.1) is 5.69 Å². The van der Waals surface area contributed by atoms with Gasteiger partial charge in [0.15, 0.2) is 0 Å². The number of nitrogens with zero attached hydrogens (tertiary/aromatic N) is 2. The molecule has 0 saturated heterocycles. The average molecular weight is 291 g/mol. The van der Waals surface area contributed by atoms with Gasteiger partial charge in [0.1, 0.15) is 11.3 Å². The molecule has 0 fully saturated rings. The molecule has 1 rings (SSSR count). The smallest absolute Gasteiger partial charge is 0.441 e. The molecule has 6 nitrogen and oxygen atoms in total. The highest BCUT2D eigenvalue weighted by molar-refractivity contribution is 5.94. The molecular weight excluding hydrogens is 270 g/mol. The van der Waals surface area contributed by atoms with Gasteiger partial charge in [0, 0.05) is 5.92 Å². The first-order valence-electron chi connectivity index (χ1n) is 6.73. The number of nitrogens with one attached hydrogen (secondary N) is 1. The Morgan fingerprint density at radius 1 is 1.19 bits per heavy atom. The zero-order valence-electron chi connectivity index (χ0n) is 13.0. The van der Waals surface area contributed by atoms with Crippen molar-refractivity contribution in [2.24, 2.45) is 16.1 Å². The van der Waals surface area contributed by atoms with E-state index in [9.17, 15) is 9.59 Å². The SMILES string of the molecule is CC(C)C(=O)Nc1ccccc1N=NC(=O)OC(C)(C)C. The zero-order valence-corrected chi connectivity index (χ0v) is 13.0. The first-order chi connectivity index (χ1) is 9.69. The Bertz CT molecular complexity index is 545. The number of rotatable bonds is 3. The fourth-order valence-corrected chi connectivity index (χ4v) is 1.32. The van der Waals surface area contributed by atoms with E-state index in [2.05, 4.69) is 15.5 Å². The van der Waals surface area contributed by atoms with Gasteiger partial charge in [0.25, 0.3) is 0 Å². The monoisotopic (exact) mass is 291 g/mol. The van der Waals surface area contributed by atoms with Crippen LogP contribution in [-0.4, -0.2) is 17.6 Å². The van der Waals surface area contributed by atoms with Crippen molar-refractivity contribution in [3.8, 4) is 0 Å². The Kier molecular flexibility index (Phi) is 5.58. The maximum Gasteiger partial charge on any atom is 0.452 e. The molecule has 2 amide bonds. The molecule has 0 aliphatic heterocycles. The van der Waals surface area contributed by atoms with E-state index in [1.165, 1.54) is 0 Å². The highest BCUT2D eigenvalue weighted by Gasteiger charge is 2.16. The molecule has 0 unspecified atom stereocenters. The quantitative estimate of drug-likeness (QED) is 0.843. The number of carbonyl (C=O) groups excluding carboxylic acids is 2. The summed E-state index contributed by atoms with van der Waals surface area (Å²) < 4.78 is 5.03. The summed E-state index contributed by atoms with van der Waals surface area (Å²) in [6, 6.07) is 6.87. The van der Waals surface area contributed by atoms with Crippen LogP contribution in [-0.2, 0) is 9.53 Å². The van der Waals surface area contributed by atoms with Crippen molar-refractivity contribution in [3.63, 3.8) is 0 Å². The number of hydrogen-bond donors (Lipinski definition) is 1. The van der Waals surface area contributed by atoms with E-state index in [0.29, 0.717) is 11.4 Å². The molecule has 0 bridgehead atoms. The van der Waals surface area contributed by atoms with Crippen LogP contribution in [0.2, 0.25) is 0 Å². The molecule has 21 heavy (non-hydrogen) atoms. The second-order valence-electron chi connectivity index (χ2n) is 5.84. The Labute approximate surface area is 124 Å². The minimum atomic E-state index is -0.771. The van der Waals surface area contributed by atoms with Crippen LogP contribution in [0.5, 0.6) is 0 Å². The molecule has 0 aliphatic carbocycles. The van der Waals surface area contributed by atoms with Crippen molar-refractivity contribution in [2.75, 3.05) is 5.32 Å². The summed E-state index contributed by atoms with van der Waals surface area (Å²) in [5, 5.41) is 10.1. The van der Waals surface area contributed by atoms with Crippen LogP contribution in [0.4, 0.5) is 16.2 Å². The van der Waals surface area contributed by atoms with Crippen molar-refractivity contribution in [2.45, 2.75) is 40.2 Å². The van der Waals surface area contributed by atoms with Crippen molar-refractivity contribution >= 4 is 23.4 Å². The summed E-state index contributed by atoms with van der Waals surface area (Å²) >= 11 is 0. The predicted molar refractivity (Wildman–Crippen MR) is 80.7 cm³/mol. The van der Waals surface area contributed by atoms with E-state index >= 15 is 0 Å². The first kappa shape index (κ1) is 16.8. The summed E-state index contributed by atoms with van der Waals surface area (Å²) in [4.78, 5) is 23.2. The number of para-hydroxylation sites is 1. The molecule has 0 atom stereocenters. The number of hydrogen-bond acceptors (Lipinski definition) is 4. The Hall–Kier alpha value is -2.24. The number of azo groups is 1. The van der Waals surface area contributed by atoms with E-state index in [4.69, 9.17) is 4.74 Å². The topological polar surface area (TPSA) is 80.1 Å². The fourth-order valence-electron chi connectivity index (χ4n) is 1.32. The molecule has 114 valence electrons. The lowest BCUT2D eigenvalue weighted by Crippen LogP contribution is -2.21. The number of anilines is 1. The van der Waals surface area contributed by atoms with Crippen molar-refractivity contribution in [1.29, 1.82) is 0 Å². The van der Waals surface area contributed by atoms with Crippen molar-refractivity contribution in [3.05, 3.63) is 24.3 Å². The van der Waals surface area contributed by atoms with Gasteiger partial charge in [-0.25, -0.2) is 4.79 Å². The minimum absolute atomic E-state index is 0.130. The third-order valence-corrected chi connectivity index (χ3v) is 2.32. The van der Waals surface area contributed by atoms with Crippen LogP contribution < -0.4 is 5.32 Å². The summed E-state index contributed by atoms with van der Waals surface area (Å²) in [6.07, 6.45) is -0.771. The summed E-state index contributed by atoms with van der Waals surface area (Å²) in [7, 11) is 0. The predicted octanol–water partition coefficient (Wildman–Crippen LogP) is 4.30. The maximum absolute atomic E-state index is 11.7. The number of benzene rings is 1.